The van der Waals surface area contributed by atoms with Crippen molar-refractivity contribution in [2.45, 2.75) is 18.8 Å². The zero-order valence-electron chi connectivity index (χ0n) is 12.8. The molecule has 0 radical (unpaired) electrons. The zero-order valence-corrected chi connectivity index (χ0v) is 12.8. The normalized spacial score (nSPS) is 16.0. The van der Waals surface area contributed by atoms with Gasteiger partial charge in [-0.2, -0.15) is 10.2 Å². The molecule has 0 atom stereocenters. The minimum atomic E-state index is -1.10. The van der Waals surface area contributed by atoms with Crippen LogP contribution in [0.1, 0.15) is 34.9 Å². The van der Waals surface area contributed by atoms with Crippen molar-refractivity contribution in [3.63, 3.8) is 0 Å². The summed E-state index contributed by atoms with van der Waals surface area (Å²) in [5.74, 6) is -0.917. The Morgan fingerprint density at radius 2 is 1.96 bits per heavy atom. The van der Waals surface area contributed by atoms with Gasteiger partial charge in [0.05, 0.1) is 11.4 Å². The van der Waals surface area contributed by atoms with Crippen LogP contribution in [0.15, 0.2) is 40.6 Å². The largest absolute Gasteiger partial charge is 0.476 e. The Balaban J connectivity index is 2.01. The molecule has 2 aromatic rings. The van der Waals surface area contributed by atoms with Crippen LogP contribution >= 0.6 is 0 Å². The molecule has 1 aliphatic rings. The summed E-state index contributed by atoms with van der Waals surface area (Å²) in [5, 5.41) is 21.9. The van der Waals surface area contributed by atoms with E-state index in [2.05, 4.69) is 15.3 Å². The molecule has 23 heavy (non-hydrogen) atoms. The van der Waals surface area contributed by atoms with E-state index in [0.717, 1.165) is 18.5 Å². The Kier molecular flexibility index (Phi) is 4.47. The SMILES string of the molecule is Cn1nc(C(=O)O)c(/N=N/c2ccccc2)c1C1CCOCC1. The molecule has 2 heterocycles. The van der Waals surface area contributed by atoms with Crippen LogP contribution in [-0.4, -0.2) is 34.1 Å². The summed E-state index contributed by atoms with van der Waals surface area (Å²) in [5.41, 5.74) is 1.76. The van der Waals surface area contributed by atoms with Crippen LogP contribution in [0.4, 0.5) is 11.4 Å². The molecule has 1 N–H and O–H groups in total. The third kappa shape index (κ3) is 3.29. The molecule has 120 valence electrons. The minimum Gasteiger partial charge on any atom is -0.476 e. The lowest BCUT2D eigenvalue weighted by atomic mass is 9.95. The Morgan fingerprint density at radius 3 is 2.61 bits per heavy atom. The van der Waals surface area contributed by atoms with Crippen molar-refractivity contribution < 1.29 is 14.6 Å². The van der Waals surface area contributed by atoms with Crippen LogP contribution in [0.5, 0.6) is 0 Å². The summed E-state index contributed by atoms with van der Waals surface area (Å²) in [7, 11) is 1.75. The van der Waals surface area contributed by atoms with Crippen LogP contribution in [-0.2, 0) is 11.8 Å². The van der Waals surface area contributed by atoms with Gasteiger partial charge in [-0.15, -0.1) is 5.11 Å². The third-order valence-corrected chi connectivity index (χ3v) is 3.90. The van der Waals surface area contributed by atoms with Crippen LogP contribution < -0.4 is 0 Å². The molecule has 1 aliphatic heterocycles. The molecule has 1 saturated heterocycles. The summed E-state index contributed by atoms with van der Waals surface area (Å²) in [6.07, 6.45) is 1.65. The van der Waals surface area contributed by atoms with Gasteiger partial charge < -0.3 is 9.84 Å². The standard InChI is InChI=1S/C16H18N4O3/c1-20-15(11-7-9-23-10-8-11)13(14(19-20)16(21)22)18-17-12-5-3-2-4-6-12/h2-6,11H,7-10H2,1H3,(H,21,22)/b18-17+. The first-order valence-corrected chi connectivity index (χ1v) is 7.51. The summed E-state index contributed by atoms with van der Waals surface area (Å²) in [4.78, 5) is 11.5. The molecule has 7 nitrogen and oxygen atoms in total. The second-order valence-corrected chi connectivity index (χ2v) is 5.43. The van der Waals surface area contributed by atoms with Crippen molar-refractivity contribution >= 4 is 17.3 Å². The van der Waals surface area contributed by atoms with Crippen molar-refractivity contribution in [3.05, 3.63) is 41.7 Å². The Labute approximate surface area is 133 Å². The van der Waals surface area contributed by atoms with Crippen LogP contribution in [0.2, 0.25) is 0 Å². The highest BCUT2D eigenvalue weighted by Crippen LogP contribution is 2.36. The molecular formula is C16H18N4O3. The van der Waals surface area contributed by atoms with E-state index in [9.17, 15) is 9.90 Å². The van der Waals surface area contributed by atoms with E-state index < -0.39 is 5.97 Å². The number of ether oxygens (including phenoxy) is 1. The Bertz CT molecular complexity index is 718. The number of hydrogen-bond donors (Lipinski definition) is 1. The number of carboxylic acids is 1. The summed E-state index contributed by atoms with van der Waals surface area (Å²) in [6, 6.07) is 9.23. The van der Waals surface area contributed by atoms with Crippen LogP contribution in [0.3, 0.4) is 0 Å². The summed E-state index contributed by atoms with van der Waals surface area (Å²) in [6.45, 7) is 1.32. The molecule has 3 rings (SSSR count). The van der Waals surface area contributed by atoms with E-state index in [1.807, 2.05) is 30.3 Å². The Morgan fingerprint density at radius 1 is 1.26 bits per heavy atom. The van der Waals surface area contributed by atoms with Crippen molar-refractivity contribution in [3.8, 4) is 0 Å². The van der Waals surface area contributed by atoms with Gasteiger partial charge in [0.25, 0.3) is 0 Å². The molecule has 7 heteroatoms. The second-order valence-electron chi connectivity index (χ2n) is 5.43. The fourth-order valence-corrected chi connectivity index (χ4v) is 2.80. The number of azo groups is 1. The molecular weight excluding hydrogens is 296 g/mol. The Hall–Kier alpha value is -2.54. The molecule has 0 unspecified atom stereocenters. The van der Waals surface area contributed by atoms with Crippen LogP contribution in [0, 0.1) is 0 Å². The maximum Gasteiger partial charge on any atom is 0.358 e. The van der Waals surface area contributed by atoms with E-state index in [1.54, 1.807) is 11.7 Å². The van der Waals surface area contributed by atoms with Gasteiger partial charge in [0.2, 0.25) is 0 Å². The highest BCUT2D eigenvalue weighted by atomic mass is 16.5. The van der Waals surface area contributed by atoms with Gasteiger partial charge in [-0.05, 0) is 25.0 Å². The van der Waals surface area contributed by atoms with Gasteiger partial charge in [0, 0.05) is 26.2 Å². The summed E-state index contributed by atoms with van der Waals surface area (Å²) < 4.78 is 6.99. The van der Waals surface area contributed by atoms with Gasteiger partial charge in [0.1, 0.15) is 5.69 Å². The minimum absolute atomic E-state index is 0.0614. The van der Waals surface area contributed by atoms with Gasteiger partial charge >= 0.3 is 5.97 Å². The van der Waals surface area contributed by atoms with Crippen LogP contribution in [0.25, 0.3) is 0 Å². The third-order valence-electron chi connectivity index (χ3n) is 3.90. The van der Waals surface area contributed by atoms with E-state index in [1.165, 1.54) is 0 Å². The zero-order chi connectivity index (χ0) is 16.2. The van der Waals surface area contributed by atoms with Gasteiger partial charge in [-0.1, -0.05) is 18.2 Å². The maximum absolute atomic E-state index is 11.5. The number of carboxylic acid groups (broad SMARTS) is 1. The maximum atomic E-state index is 11.5. The first-order chi connectivity index (χ1) is 11.2. The molecule has 0 spiro atoms. The first-order valence-electron chi connectivity index (χ1n) is 7.51. The average Bonchev–Trinajstić information content (AvgIpc) is 2.91. The quantitative estimate of drug-likeness (QED) is 0.875. The summed E-state index contributed by atoms with van der Waals surface area (Å²) >= 11 is 0. The highest BCUT2D eigenvalue weighted by molar-refractivity contribution is 5.91. The predicted octanol–water partition coefficient (Wildman–Crippen LogP) is 3.43. The average molecular weight is 314 g/mol. The van der Waals surface area contributed by atoms with Crippen molar-refractivity contribution in [1.82, 2.24) is 9.78 Å². The number of hydrogen-bond acceptors (Lipinski definition) is 5. The van der Waals surface area contributed by atoms with Gasteiger partial charge in [-0.25, -0.2) is 4.79 Å². The van der Waals surface area contributed by atoms with E-state index >= 15 is 0 Å². The lowest BCUT2D eigenvalue weighted by molar-refractivity contribution is 0.0690. The lowest BCUT2D eigenvalue weighted by Gasteiger charge is -2.22. The number of carbonyl (C=O) groups is 1. The number of aromatic carboxylic acids is 1. The number of aromatic nitrogens is 2. The fourth-order valence-electron chi connectivity index (χ4n) is 2.80. The molecule has 1 aromatic heterocycles. The molecule has 1 fully saturated rings. The number of rotatable bonds is 4. The lowest BCUT2D eigenvalue weighted by Crippen LogP contribution is -2.16. The molecule has 0 bridgehead atoms. The number of nitrogens with zero attached hydrogens (tertiary/aromatic N) is 4. The van der Waals surface area contributed by atoms with Gasteiger partial charge in [0.15, 0.2) is 5.69 Å². The van der Waals surface area contributed by atoms with Crippen molar-refractivity contribution in [1.29, 1.82) is 0 Å². The molecule has 0 saturated carbocycles. The smallest absolute Gasteiger partial charge is 0.358 e. The topological polar surface area (TPSA) is 89.1 Å². The van der Waals surface area contributed by atoms with E-state index in [0.29, 0.717) is 24.6 Å². The van der Waals surface area contributed by atoms with Gasteiger partial charge in [-0.3, -0.25) is 4.68 Å². The molecule has 0 amide bonds. The fraction of sp³-hybridized carbons (Fsp3) is 0.375. The predicted molar refractivity (Wildman–Crippen MR) is 83.6 cm³/mol. The molecule has 1 aromatic carbocycles. The first kappa shape index (κ1) is 15.4. The second kappa shape index (κ2) is 6.70. The highest BCUT2D eigenvalue weighted by Gasteiger charge is 2.28. The number of benzene rings is 1. The van der Waals surface area contributed by atoms with Crippen molar-refractivity contribution in [2.75, 3.05) is 13.2 Å². The van der Waals surface area contributed by atoms with Crippen molar-refractivity contribution in [2.24, 2.45) is 17.3 Å². The van der Waals surface area contributed by atoms with E-state index in [-0.39, 0.29) is 11.6 Å². The monoisotopic (exact) mass is 314 g/mol. The van der Waals surface area contributed by atoms with E-state index in [4.69, 9.17) is 4.74 Å². The number of aryl methyl sites for hydroxylation is 1. The molecule has 0 aliphatic carbocycles.